The van der Waals surface area contributed by atoms with Crippen LogP contribution in [0.3, 0.4) is 0 Å². The van der Waals surface area contributed by atoms with Gasteiger partial charge in [-0.3, -0.25) is 4.90 Å². The second kappa shape index (κ2) is 8.07. The van der Waals surface area contributed by atoms with Crippen LogP contribution in [0, 0.1) is 0 Å². The number of benzene rings is 1. The maximum Gasteiger partial charge on any atom is 0.0737 e. The van der Waals surface area contributed by atoms with Gasteiger partial charge in [-0.05, 0) is 37.6 Å². The first-order valence-electron chi connectivity index (χ1n) is 9.93. The fraction of sp³-hybridized carbons (Fsp3) is 0.714. The highest BCUT2D eigenvalue weighted by Gasteiger charge is 2.47. The molecule has 25 heavy (non-hydrogen) atoms. The van der Waals surface area contributed by atoms with Crippen LogP contribution in [-0.2, 0) is 11.3 Å². The molecule has 0 amide bonds. The van der Waals surface area contributed by atoms with Gasteiger partial charge in [0.05, 0.1) is 11.7 Å². The smallest absolute Gasteiger partial charge is 0.0737 e. The van der Waals surface area contributed by atoms with E-state index in [0.29, 0.717) is 6.10 Å². The molecule has 1 unspecified atom stereocenters. The van der Waals surface area contributed by atoms with Crippen molar-refractivity contribution in [1.29, 1.82) is 0 Å². The molecule has 4 heteroatoms. The summed E-state index contributed by atoms with van der Waals surface area (Å²) < 4.78 is 6.39. The number of ether oxygens (including phenoxy) is 1. The normalized spacial score (nSPS) is 23.0. The molecule has 1 spiro atoms. The molecule has 1 aromatic carbocycles. The highest BCUT2D eigenvalue weighted by molar-refractivity contribution is 5.52. The lowest BCUT2D eigenvalue weighted by Gasteiger charge is -2.53. The third-order valence-corrected chi connectivity index (χ3v) is 6.01. The summed E-state index contributed by atoms with van der Waals surface area (Å²) in [6.07, 6.45) is 4.09. The van der Waals surface area contributed by atoms with Crippen molar-refractivity contribution in [3.8, 4) is 0 Å². The van der Waals surface area contributed by atoms with E-state index in [2.05, 4.69) is 66.9 Å². The Kier molecular flexibility index (Phi) is 6.03. The monoisotopic (exact) mass is 345 g/mol. The summed E-state index contributed by atoms with van der Waals surface area (Å²) >= 11 is 0. The third kappa shape index (κ3) is 4.36. The van der Waals surface area contributed by atoms with E-state index in [1.54, 1.807) is 0 Å². The Balaban J connectivity index is 1.47. The molecule has 0 saturated carbocycles. The Morgan fingerprint density at radius 3 is 2.36 bits per heavy atom. The van der Waals surface area contributed by atoms with Crippen LogP contribution in [-0.4, -0.2) is 68.3 Å². The maximum absolute atomic E-state index is 6.39. The predicted molar refractivity (Wildman–Crippen MR) is 105 cm³/mol. The third-order valence-electron chi connectivity index (χ3n) is 6.01. The van der Waals surface area contributed by atoms with E-state index in [0.717, 1.165) is 39.3 Å². The van der Waals surface area contributed by atoms with Crippen LogP contribution in [0.1, 0.15) is 38.7 Å². The van der Waals surface area contributed by atoms with Gasteiger partial charge in [-0.15, -0.1) is 0 Å². The molecule has 0 N–H and O–H groups in total. The minimum atomic E-state index is 0.190. The quantitative estimate of drug-likeness (QED) is 0.755. The van der Waals surface area contributed by atoms with E-state index in [1.165, 1.54) is 30.5 Å². The molecule has 2 aliphatic heterocycles. The molecule has 2 saturated heterocycles. The van der Waals surface area contributed by atoms with Crippen molar-refractivity contribution in [2.24, 2.45) is 0 Å². The molecule has 2 fully saturated rings. The summed E-state index contributed by atoms with van der Waals surface area (Å²) in [4.78, 5) is 7.28. The predicted octanol–water partition coefficient (Wildman–Crippen LogP) is 3.22. The number of nitrogens with zero attached hydrogens (tertiary/aromatic N) is 3. The van der Waals surface area contributed by atoms with Gasteiger partial charge in [0.25, 0.3) is 0 Å². The average Bonchev–Trinajstić information content (AvgIpc) is 2.59. The molecule has 0 aromatic heterocycles. The Morgan fingerprint density at radius 2 is 1.76 bits per heavy atom. The summed E-state index contributed by atoms with van der Waals surface area (Å²) in [7, 11) is 4.25. The zero-order valence-corrected chi connectivity index (χ0v) is 16.5. The van der Waals surface area contributed by atoms with Gasteiger partial charge in [0, 0.05) is 52.4 Å². The van der Waals surface area contributed by atoms with Crippen molar-refractivity contribution in [3.05, 3.63) is 29.8 Å². The zero-order valence-electron chi connectivity index (χ0n) is 16.5. The van der Waals surface area contributed by atoms with Gasteiger partial charge >= 0.3 is 0 Å². The lowest BCUT2D eigenvalue weighted by Crippen LogP contribution is -2.59. The molecule has 0 bridgehead atoms. The van der Waals surface area contributed by atoms with Crippen LogP contribution in [0.25, 0.3) is 0 Å². The molecule has 1 atom stereocenters. The molecule has 3 rings (SSSR count). The van der Waals surface area contributed by atoms with Gasteiger partial charge in [-0.25, -0.2) is 0 Å². The number of para-hydroxylation sites is 1. The minimum absolute atomic E-state index is 0.190. The Hall–Kier alpha value is -1.10. The molecule has 0 aliphatic carbocycles. The topological polar surface area (TPSA) is 19.0 Å². The first kappa shape index (κ1) is 18.7. The summed E-state index contributed by atoms with van der Waals surface area (Å²) in [5, 5.41) is 0. The fourth-order valence-electron chi connectivity index (χ4n) is 4.39. The van der Waals surface area contributed by atoms with E-state index in [-0.39, 0.29) is 5.60 Å². The lowest BCUT2D eigenvalue weighted by molar-refractivity contribution is -0.229. The molecular formula is C21H35N3O. The van der Waals surface area contributed by atoms with Crippen molar-refractivity contribution in [2.75, 3.05) is 51.7 Å². The number of rotatable bonds is 7. The number of hydrogen-bond acceptors (Lipinski definition) is 4. The van der Waals surface area contributed by atoms with E-state index >= 15 is 0 Å². The van der Waals surface area contributed by atoms with E-state index in [4.69, 9.17) is 4.74 Å². The van der Waals surface area contributed by atoms with Crippen LogP contribution in [0.5, 0.6) is 0 Å². The second-order valence-corrected chi connectivity index (χ2v) is 7.91. The van der Waals surface area contributed by atoms with Crippen LogP contribution < -0.4 is 4.90 Å². The molecule has 2 heterocycles. The van der Waals surface area contributed by atoms with Crippen LogP contribution in [0.2, 0.25) is 0 Å². The average molecular weight is 346 g/mol. The Morgan fingerprint density at radius 1 is 1.12 bits per heavy atom. The van der Waals surface area contributed by atoms with Gasteiger partial charge in [-0.2, -0.15) is 0 Å². The number of likely N-dealkylation sites (N-methyl/N-ethyl adjacent to an activating group) is 1. The van der Waals surface area contributed by atoms with Crippen molar-refractivity contribution in [2.45, 2.75) is 51.4 Å². The molecule has 4 nitrogen and oxygen atoms in total. The van der Waals surface area contributed by atoms with Crippen molar-refractivity contribution in [1.82, 2.24) is 9.80 Å². The van der Waals surface area contributed by atoms with Gasteiger partial charge in [0.2, 0.25) is 0 Å². The van der Waals surface area contributed by atoms with Crippen molar-refractivity contribution >= 4 is 5.69 Å². The molecule has 0 radical (unpaired) electrons. The summed E-state index contributed by atoms with van der Waals surface area (Å²) in [6, 6.07) is 8.76. The van der Waals surface area contributed by atoms with E-state index in [1.807, 2.05) is 0 Å². The highest BCUT2D eigenvalue weighted by atomic mass is 16.5. The first-order valence-corrected chi connectivity index (χ1v) is 9.93. The summed E-state index contributed by atoms with van der Waals surface area (Å²) in [6.45, 7) is 11.2. The highest BCUT2D eigenvalue weighted by Crippen LogP contribution is 2.41. The van der Waals surface area contributed by atoms with Crippen molar-refractivity contribution in [3.63, 3.8) is 0 Å². The number of piperidine rings is 1. The van der Waals surface area contributed by atoms with Crippen LogP contribution in [0.4, 0.5) is 5.69 Å². The molecule has 2 aliphatic rings. The zero-order chi connectivity index (χ0) is 17.9. The Bertz CT molecular complexity index is 540. The molecule has 1 aromatic rings. The SMILES string of the molecule is CCN(CC)CC1CC2(CCN(Cc3ccccc3N(C)C)CC2)O1. The van der Waals surface area contributed by atoms with Gasteiger partial charge in [0.15, 0.2) is 0 Å². The molecule has 140 valence electrons. The number of anilines is 1. The summed E-state index contributed by atoms with van der Waals surface area (Å²) in [5.74, 6) is 0. The molecular weight excluding hydrogens is 310 g/mol. The van der Waals surface area contributed by atoms with Crippen LogP contribution in [0.15, 0.2) is 24.3 Å². The maximum atomic E-state index is 6.39. The fourth-order valence-corrected chi connectivity index (χ4v) is 4.39. The van der Waals surface area contributed by atoms with E-state index in [9.17, 15) is 0 Å². The van der Waals surface area contributed by atoms with Gasteiger partial charge in [0.1, 0.15) is 0 Å². The number of hydrogen-bond donors (Lipinski definition) is 0. The van der Waals surface area contributed by atoms with Crippen LogP contribution >= 0.6 is 0 Å². The van der Waals surface area contributed by atoms with Gasteiger partial charge < -0.3 is 14.5 Å². The largest absolute Gasteiger partial charge is 0.377 e. The number of likely N-dealkylation sites (tertiary alicyclic amines) is 1. The standard InChI is InChI=1S/C21H35N3O/c1-5-23(6-2)17-19-15-21(25-19)11-13-24(14-12-21)16-18-9-7-8-10-20(18)22(3)4/h7-10,19H,5-6,11-17H2,1-4H3. The first-order chi connectivity index (χ1) is 12.0. The Labute approximate surface area is 153 Å². The van der Waals surface area contributed by atoms with E-state index < -0.39 is 0 Å². The second-order valence-electron chi connectivity index (χ2n) is 7.91. The summed E-state index contributed by atoms with van der Waals surface area (Å²) in [5.41, 5.74) is 2.95. The lowest BCUT2D eigenvalue weighted by atomic mass is 9.80. The minimum Gasteiger partial charge on any atom is -0.377 e. The van der Waals surface area contributed by atoms with Gasteiger partial charge in [-0.1, -0.05) is 32.0 Å². The van der Waals surface area contributed by atoms with Crippen molar-refractivity contribution < 1.29 is 4.74 Å².